The number of nitrogens with two attached hydrogens (primary N) is 1. The average Bonchev–Trinajstić information content (AvgIpc) is 2.11. The number of carboxylic acid groups (broad SMARTS) is 1. The maximum atomic E-state index is 11.0. The summed E-state index contributed by atoms with van der Waals surface area (Å²) in [5.74, 6) is -2.30. The zero-order valence-corrected chi connectivity index (χ0v) is 10.5. The molecule has 0 heterocycles. The Morgan fingerprint density at radius 1 is 1.35 bits per heavy atom. The maximum Gasteiger partial charge on any atom is 0.320 e. The number of rotatable bonds is 7. The number of nitrogens with one attached hydrogen (secondary N) is 1. The van der Waals surface area contributed by atoms with Crippen molar-refractivity contribution in [3.05, 3.63) is 0 Å². The van der Waals surface area contributed by atoms with E-state index in [1.807, 2.05) is 0 Å². The minimum absolute atomic E-state index is 0. The summed E-state index contributed by atoms with van der Waals surface area (Å²) in [4.78, 5) is 21.3. The van der Waals surface area contributed by atoms with Crippen molar-refractivity contribution < 1.29 is 27.7 Å². The first-order valence-electron chi connectivity index (χ1n) is 4.42. The molecule has 0 spiro atoms. The fraction of sp³-hybridized carbons (Fsp3) is 0.714. The van der Waals surface area contributed by atoms with Gasteiger partial charge in [0.1, 0.15) is 6.04 Å². The van der Waals surface area contributed by atoms with Crippen LogP contribution in [-0.4, -0.2) is 48.3 Å². The molecule has 0 aliphatic heterocycles. The highest BCUT2D eigenvalue weighted by Crippen LogP contribution is 1.94. The van der Waals surface area contributed by atoms with Crippen LogP contribution >= 0.6 is 12.4 Å². The second-order valence-corrected chi connectivity index (χ2v) is 4.69. The molecule has 1 amide bonds. The standard InChI is InChI=1S/C7H14N2O6S.ClH/c8-5(7(11)12)1-2-6(10)9-3-4-16(13,14)15;/h5H,1-4,8H2,(H,9,10)(H,11,12)(H,13,14,15);1H/t5-;/m0./s1. The SMILES string of the molecule is Cl.N[C@@H](CCC(=O)NCCS(=O)(=O)O)C(=O)O. The number of halogens is 1. The Kier molecular flexibility index (Phi) is 8.94. The van der Waals surface area contributed by atoms with Crippen LogP contribution in [0.5, 0.6) is 0 Å². The van der Waals surface area contributed by atoms with Gasteiger partial charge in [-0.25, -0.2) is 0 Å². The molecular weight excluding hydrogens is 276 g/mol. The molecule has 0 bridgehead atoms. The number of hydrogen-bond acceptors (Lipinski definition) is 5. The highest BCUT2D eigenvalue weighted by atomic mass is 35.5. The lowest BCUT2D eigenvalue weighted by Crippen LogP contribution is -2.34. The fourth-order valence-corrected chi connectivity index (χ4v) is 1.18. The van der Waals surface area contributed by atoms with Gasteiger partial charge in [0.15, 0.2) is 0 Å². The first kappa shape index (κ1) is 18.5. The minimum Gasteiger partial charge on any atom is -0.480 e. The molecule has 0 saturated heterocycles. The van der Waals surface area contributed by atoms with Crippen LogP contribution in [0, 0.1) is 0 Å². The second-order valence-electron chi connectivity index (χ2n) is 3.12. The van der Waals surface area contributed by atoms with Gasteiger partial charge >= 0.3 is 5.97 Å². The largest absolute Gasteiger partial charge is 0.480 e. The van der Waals surface area contributed by atoms with Crippen LogP contribution < -0.4 is 11.1 Å². The molecule has 0 rings (SSSR count). The van der Waals surface area contributed by atoms with Crippen LogP contribution in [0.15, 0.2) is 0 Å². The number of carboxylic acids is 1. The third kappa shape index (κ3) is 11.4. The van der Waals surface area contributed by atoms with Gasteiger partial charge in [0.05, 0.1) is 5.75 Å². The van der Waals surface area contributed by atoms with Crippen LogP contribution in [0.2, 0.25) is 0 Å². The van der Waals surface area contributed by atoms with Crippen LogP contribution in [0.3, 0.4) is 0 Å². The Balaban J connectivity index is 0. The Labute approximate surface area is 105 Å². The topological polar surface area (TPSA) is 147 Å². The zero-order chi connectivity index (χ0) is 12.8. The smallest absolute Gasteiger partial charge is 0.320 e. The van der Waals surface area contributed by atoms with E-state index in [1.165, 1.54) is 0 Å². The van der Waals surface area contributed by atoms with Crippen LogP contribution in [0.25, 0.3) is 0 Å². The molecule has 10 heteroatoms. The first-order valence-corrected chi connectivity index (χ1v) is 6.03. The van der Waals surface area contributed by atoms with E-state index in [9.17, 15) is 18.0 Å². The molecule has 8 nitrogen and oxygen atoms in total. The van der Waals surface area contributed by atoms with Gasteiger partial charge < -0.3 is 16.2 Å². The molecule has 5 N–H and O–H groups in total. The summed E-state index contributed by atoms with van der Waals surface area (Å²) in [5.41, 5.74) is 5.15. The minimum atomic E-state index is -4.10. The van der Waals surface area contributed by atoms with Crippen LogP contribution in [0.1, 0.15) is 12.8 Å². The van der Waals surface area contributed by atoms with Crippen molar-refractivity contribution in [3.63, 3.8) is 0 Å². The van der Waals surface area contributed by atoms with E-state index < -0.39 is 33.8 Å². The van der Waals surface area contributed by atoms with Crippen molar-refractivity contribution in [2.24, 2.45) is 5.73 Å². The van der Waals surface area contributed by atoms with E-state index in [2.05, 4.69) is 5.32 Å². The van der Waals surface area contributed by atoms with Gasteiger partial charge in [0, 0.05) is 13.0 Å². The Morgan fingerprint density at radius 3 is 2.29 bits per heavy atom. The number of hydrogen-bond donors (Lipinski definition) is 4. The lowest BCUT2D eigenvalue weighted by molar-refractivity contribution is -0.138. The molecule has 0 aromatic rings. The van der Waals surface area contributed by atoms with Crippen molar-refractivity contribution in [1.82, 2.24) is 5.32 Å². The lowest BCUT2D eigenvalue weighted by Gasteiger charge is -2.06. The van der Waals surface area contributed by atoms with Crippen molar-refractivity contribution in [2.45, 2.75) is 18.9 Å². The molecule has 0 aromatic carbocycles. The number of aliphatic carboxylic acids is 1. The predicted molar refractivity (Wildman–Crippen MR) is 61.5 cm³/mol. The van der Waals surface area contributed by atoms with Gasteiger partial charge in [-0.15, -0.1) is 12.4 Å². The van der Waals surface area contributed by atoms with Crippen molar-refractivity contribution in [3.8, 4) is 0 Å². The van der Waals surface area contributed by atoms with Gasteiger partial charge in [0.2, 0.25) is 5.91 Å². The molecule has 0 unspecified atom stereocenters. The molecule has 0 fully saturated rings. The third-order valence-electron chi connectivity index (χ3n) is 1.68. The summed E-state index contributed by atoms with van der Waals surface area (Å²) in [7, 11) is -4.10. The first-order chi connectivity index (χ1) is 7.22. The Morgan fingerprint density at radius 2 is 1.88 bits per heavy atom. The summed E-state index contributed by atoms with van der Waals surface area (Å²) in [6.45, 7) is -0.222. The predicted octanol–water partition coefficient (Wildman–Crippen LogP) is -1.40. The summed E-state index contributed by atoms with van der Waals surface area (Å²) < 4.78 is 28.9. The third-order valence-corrected chi connectivity index (χ3v) is 2.40. The van der Waals surface area contributed by atoms with Crippen LogP contribution in [0.4, 0.5) is 0 Å². The Bertz CT molecular complexity index is 357. The van der Waals surface area contributed by atoms with E-state index in [4.69, 9.17) is 15.4 Å². The van der Waals surface area contributed by atoms with Gasteiger partial charge in [-0.2, -0.15) is 8.42 Å². The maximum absolute atomic E-state index is 11.0. The number of carbonyl (C=O) groups is 2. The van der Waals surface area contributed by atoms with Crippen molar-refractivity contribution >= 4 is 34.4 Å². The van der Waals surface area contributed by atoms with E-state index in [-0.39, 0.29) is 31.8 Å². The molecule has 0 aliphatic rings. The van der Waals surface area contributed by atoms with Gasteiger partial charge in [-0.3, -0.25) is 14.1 Å². The van der Waals surface area contributed by atoms with E-state index in [1.54, 1.807) is 0 Å². The molecule has 102 valence electrons. The number of amides is 1. The molecular formula is C7H15ClN2O6S. The normalized spacial score (nSPS) is 12.4. The monoisotopic (exact) mass is 290 g/mol. The highest BCUT2D eigenvalue weighted by molar-refractivity contribution is 7.85. The quantitative estimate of drug-likeness (QED) is 0.422. The van der Waals surface area contributed by atoms with Crippen LogP contribution in [-0.2, 0) is 19.7 Å². The van der Waals surface area contributed by atoms with Gasteiger partial charge in [-0.1, -0.05) is 0 Å². The van der Waals surface area contributed by atoms with Crippen molar-refractivity contribution in [1.29, 1.82) is 0 Å². The van der Waals surface area contributed by atoms with Gasteiger partial charge in [0.25, 0.3) is 10.1 Å². The Hall–Kier alpha value is -0.900. The summed E-state index contributed by atoms with van der Waals surface area (Å²) in [6.07, 6.45) is -0.147. The molecule has 0 aliphatic carbocycles. The zero-order valence-electron chi connectivity index (χ0n) is 8.83. The summed E-state index contributed by atoms with van der Waals surface area (Å²) in [5, 5.41) is 10.6. The molecule has 0 saturated carbocycles. The van der Waals surface area contributed by atoms with Crippen molar-refractivity contribution in [2.75, 3.05) is 12.3 Å². The summed E-state index contributed by atoms with van der Waals surface area (Å²) in [6, 6.07) is -1.12. The second kappa shape index (κ2) is 8.23. The molecule has 0 radical (unpaired) electrons. The van der Waals surface area contributed by atoms with E-state index in [0.29, 0.717) is 0 Å². The van der Waals surface area contributed by atoms with E-state index >= 15 is 0 Å². The highest BCUT2D eigenvalue weighted by Gasteiger charge is 2.13. The summed E-state index contributed by atoms with van der Waals surface area (Å²) >= 11 is 0. The van der Waals surface area contributed by atoms with E-state index in [0.717, 1.165) is 0 Å². The van der Waals surface area contributed by atoms with Gasteiger partial charge in [-0.05, 0) is 6.42 Å². The molecule has 1 atom stereocenters. The molecule has 17 heavy (non-hydrogen) atoms. The fourth-order valence-electron chi connectivity index (χ4n) is 0.818. The molecule has 0 aromatic heterocycles. The lowest BCUT2D eigenvalue weighted by atomic mass is 10.1. The average molecular weight is 291 g/mol. The number of carbonyl (C=O) groups excluding carboxylic acids is 1.